The molecule has 0 aliphatic heterocycles. The number of methoxy groups -OCH3 is 1. The highest BCUT2D eigenvalue weighted by Crippen LogP contribution is 2.60. The Morgan fingerprint density at radius 1 is 1.39 bits per heavy atom. The Balaban J connectivity index is 2.44. The van der Waals surface area contributed by atoms with Gasteiger partial charge >= 0.3 is 5.97 Å². The summed E-state index contributed by atoms with van der Waals surface area (Å²) >= 11 is 0. The van der Waals surface area contributed by atoms with Crippen molar-refractivity contribution in [3.63, 3.8) is 0 Å². The zero-order valence-corrected chi connectivity index (χ0v) is 15.4. The zero-order valence-electron chi connectivity index (χ0n) is 15.4. The summed E-state index contributed by atoms with van der Waals surface area (Å²) in [4.78, 5) is 12.3. The van der Waals surface area contributed by atoms with Crippen LogP contribution in [-0.4, -0.2) is 13.1 Å². The molecule has 23 heavy (non-hydrogen) atoms. The van der Waals surface area contributed by atoms with E-state index < -0.39 is 0 Å². The Labute approximate surface area is 141 Å². The van der Waals surface area contributed by atoms with Gasteiger partial charge in [0.15, 0.2) is 0 Å². The van der Waals surface area contributed by atoms with Crippen molar-refractivity contribution >= 4 is 5.97 Å². The third-order valence-electron chi connectivity index (χ3n) is 6.44. The van der Waals surface area contributed by atoms with Gasteiger partial charge in [0.25, 0.3) is 0 Å². The first-order valence-electron chi connectivity index (χ1n) is 8.84. The van der Waals surface area contributed by atoms with Gasteiger partial charge in [0.2, 0.25) is 0 Å². The van der Waals surface area contributed by atoms with Gasteiger partial charge in [-0.1, -0.05) is 57.6 Å². The minimum absolute atomic E-state index is 0.150. The Bertz CT molecular complexity index is 538. The number of rotatable bonds is 4. The molecule has 2 heteroatoms. The van der Waals surface area contributed by atoms with Crippen LogP contribution in [0, 0.1) is 22.7 Å². The molecule has 3 atom stereocenters. The second-order valence-corrected chi connectivity index (χ2v) is 8.23. The van der Waals surface area contributed by atoms with E-state index in [1.165, 1.54) is 31.9 Å². The average molecular weight is 316 g/mol. The van der Waals surface area contributed by atoms with Gasteiger partial charge in [-0.25, -0.2) is 4.79 Å². The lowest BCUT2D eigenvalue weighted by Gasteiger charge is -2.56. The van der Waals surface area contributed by atoms with Crippen LogP contribution >= 0.6 is 0 Å². The first-order chi connectivity index (χ1) is 10.8. The monoisotopic (exact) mass is 316 g/mol. The van der Waals surface area contributed by atoms with E-state index in [1.807, 2.05) is 6.08 Å². The topological polar surface area (TPSA) is 26.3 Å². The predicted octanol–water partition coefficient (Wildman–Crippen LogP) is 5.46. The highest BCUT2D eigenvalue weighted by Gasteiger charge is 2.53. The molecule has 2 nitrogen and oxygen atoms in total. The standard InChI is InChI=1S/C21H32O2/c1-7-15(2)9-11-17-16(19(22)23-6)10-12-18-20(3,4)13-8-14-21(17,18)5/h7,9-10,17-18H,1,8,11-14H2,2-6H3. The first-order valence-corrected chi connectivity index (χ1v) is 8.84. The van der Waals surface area contributed by atoms with Gasteiger partial charge < -0.3 is 4.74 Å². The highest BCUT2D eigenvalue weighted by atomic mass is 16.5. The summed E-state index contributed by atoms with van der Waals surface area (Å²) in [6.07, 6.45) is 11.9. The number of fused-ring (bicyclic) bond motifs is 1. The van der Waals surface area contributed by atoms with Gasteiger partial charge in [-0.3, -0.25) is 0 Å². The largest absolute Gasteiger partial charge is 0.466 e. The summed E-state index contributed by atoms with van der Waals surface area (Å²) in [5, 5.41) is 0. The fraction of sp³-hybridized carbons (Fsp3) is 0.667. The van der Waals surface area contributed by atoms with E-state index in [0.29, 0.717) is 11.3 Å². The van der Waals surface area contributed by atoms with Crippen molar-refractivity contribution in [2.45, 2.75) is 59.8 Å². The molecule has 128 valence electrons. The molecule has 1 fully saturated rings. The van der Waals surface area contributed by atoms with Crippen LogP contribution < -0.4 is 0 Å². The molecule has 0 heterocycles. The molecule has 2 aliphatic rings. The summed E-state index contributed by atoms with van der Waals surface area (Å²) < 4.78 is 5.08. The minimum atomic E-state index is -0.150. The Morgan fingerprint density at radius 2 is 2.09 bits per heavy atom. The molecular weight excluding hydrogens is 284 g/mol. The van der Waals surface area contributed by atoms with Crippen LogP contribution in [0.15, 0.2) is 36.0 Å². The van der Waals surface area contributed by atoms with Crippen LogP contribution in [0.25, 0.3) is 0 Å². The number of ether oxygens (including phenoxy) is 1. The maximum absolute atomic E-state index is 12.3. The fourth-order valence-corrected chi connectivity index (χ4v) is 5.04. The lowest BCUT2D eigenvalue weighted by molar-refractivity contribution is -0.139. The smallest absolute Gasteiger partial charge is 0.333 e. The van der Waals surface area contributed by atoms with Crippen molar-refractivity contribution in [3.05, 3.63) is 36.0 Å². The van der Waals surface area contributed by atoms with Crippen LogP contribution in [0.4, 0.5) is 0 Å². The molecule has 0 amide bonds. The fourth-order valence-electron chi connectivity index (χ4n) is 5.04. The third kappa shape index (κ3) is 3.32. The van der Waals surface area contributed by atoms with E-state index in [9.17, 15) is 4.79 Å². The Morgan fingerprint density at radius 3 is 2.70 bits per heavy atom. The lowest BCUT2D eigenvalue weighted by Crippen LogP contribution is -2.49. The summed E-state index contributed by atoms with van der Waals surface area (Å²) in [7, 11) is 1.49. The number of carbonyl (C=O) groups is 1. The lowest BCUT2D eigenvalue weighted by atomic mass is 9.48. The third-order valence-corrected chi connectivity index (χ3v) is 6.44. The van der Waals surface area contributed by atoms with Crippen molar-refractivity contribution in [3.8, 4) is 0 Å². The quantitative estimate of drug-likeness (QED) is 0.508. The highest BCUT2D eigenvalue weighted by molar-refractivity contribution is 5.89. The summed E-state index contributed by atoms with van der Waals surface area (Å²) in [6, 6.07) is 0. The van der Waals surface area contributed by atoms with Crippen LogP contribution in [0.2, 0.25) is 0 Å². The summed E-state index contributed by atoms with van der Waals surface area (Å²) in [5.74, 6) is 0.713. The second-order valence-electron chi connectivity index (χ2n) is 8.23. The molecule has 1 saturated carbocycles. The molecule has 2 rings (SSSR count). The first kappa shape index (κ1) is 18.0. The van der Waals surface area contributed by atoms with Crippen LogP contribution in [-0.2, 0) is 9.53 Å². The maximum atomic E-state index is 12.3. The number of hydrogen-bond donors (Lipinski definition) is 0. The van der Waals surface area contributed by atoms with Gasteiger partial charge in [0, 0.05) is 5.57 Å². The molecule has 0 radical (unpaired) electrons. The number of carbonyl (C=O) groups excluding carboxylic acids is 1. The van der Waals surface area contributed by atoms with Crippen molar-refractivity contribution in [2.75, 3.05) is 7.11 Å². The van der Waals surface area contributed by atoms with Crippen molar-refractivity contribution < 1.29 is 9.53 Å². The normalized spacial score (nSPS) is 33.4. The van der Waals surface area contributed by atoms with Crippen LogP contribution in [0.1, 0.15) is 59.8 Å². The molecular formula is C21H32O2. The molecule has 0 spiro atoms. The van der Waals surface area contributed by atoms with Gasteiger partial charge in [-0.15, -0.1) is 0 Å². The van der Waals surface area contributed by atoms with E-state index in [2.05, 4.69) is 46.4 Å². The van der Waals surface area contributed by atoms with Crippen molar-refractivity contribution in [1.82, 2.24) is 0 Å². The SMILES string of the molecule is C=CC(C)=CCC1C(C(=O)OC)=CCC2C(C)(C)CCCC12C. The van der Waals surface area contributed by atoms with Gasteiger partial charge in [0.05, 0.1) is 7.11 Å². The average Bonchev–Trinajstić information content (AvgIpc) is 2.50. The molecule has 0 aromatic heterocycles. The van der Waals surface area contributed by atoms with Crippen LogP contribution in [0.5, 0.6) is 0 Å². The van der Waals surface area contributed by atoms with Crippen molar-refractivity contribution in [1.29, 1.82) is 0 Å². The van der Waals surface area contributed by atoms with Crippen molar-refractivity contribution in [2.24, 2.45) is 22.7 Å². The van der Waals surface area contributed by atoms with Crippen LogP contribution in [0.3, 0.4) is 0 Å². The van der Waals surface area contributed by atoms with Gasteiger partial charge in [0.1, 0.15) is 0 Å². The molecule has 3 unspecified atom stereocenters. The Hall–Kier alpha value is -1.31. The maximum Gasteiger partial charge on any atom is 0.333 e. The van der Waals surface area contributed by atoms with E-state index in [0.717, 1.165) is 18.4 Å². The second kappa shape index (κ2) is 6.67. The Kier molecular flexibility index (Phi) is 5.23. The summed E-state index contributed by atoms with van der Waals surface area (Å²) in [5.41, 5.74) is 2.56. The molecule has 0 saturated heterocycles. The molecule has 0 aromatic rings. The van der Waals surface area contributed by atoms with E-state index in [1.54, 1.807) is 0 Å². The molecule has 0 bridgehead atoms. The number of allylic oxidation sites excluding steroid dienone is 4. The van der Waals surface area contributed by atoms with E-state index in [-0.39, 0.29) is 17.3 Å². The van der Waals surface area contributed by atoms with Gasteiger partial charge in [-0.05, 0) is 55.3 Å². The molecule has 2 aliphatic carbocycles. The van der Waals surface area contributed by atoms with E-state index in [4.69, 9.17) is 4.74 Å². The minimum Gasteiger partial charge on any atom is -0.466 e. The number of hydrogen-bond acceptors (Lipinski definition) is 2. The molecule has 0 N–H and O–H groups in total. The van der Waals surface area contributed by atoms with E-state index >= 15 is 0 Å². The summed E-state index contributed by atoms with van der Waals surface area (Å²) in [6.45, 7) is 13.1. The zero-order chi connectivity index (χ0) is 17.3. The predicted molar refractivity (Wildman–Crippen MR) is 96.0 cm³/mol. The number of esters is 1. The molecule has 0 aromatic carbocycles. The van der Waals surface area contributed by atoms with Gasteiger partial charge in [-0.2, -0.15) is 0 Å².